The van der Waals surface area contributed by atoms with Crippen molar-refractivity contribution in [1.29, 1.82) is 0 Å². The fraction of sp³-hybridized carbons (Fsp3) is 0.571. The van der Waals surface area contributed by atoms with Crippen LogP contribution in [0.2, 0.25) is 0 Å². The topological polar surface area (TPSA) is 72.2 Å². The molecule has 0 aliphatic carbocycles. The third-order valence-corrected chi connectivity index (χ3v) is 5.13. The van der Waals surface area contributed by atoms with E-state index in [1.165, 1.54) is 6.07 Å². The van der Waals surface area contributed by atoms with Gasteiger partial charge in [-0.05, 0) is 36.0 Å². The number of nitrogens with one attached hydrogen (secondary N) is 1. The van der Waals surface area contributed by atoms with Gasteiger partial charge in [0, 0.05) is 12.2 Å². The van der Waals surface area contributed by atoms with Gasteiger partial charge in [-0.2, -0.15) is 0 Å². The first-order chi connectivity index (χ1) is 8.54. The van der Waals surface area contributed by atoms with Crippen LogP contribution in [0.25, 0.3) is 0 Å². The van der Waals surface area contributed by atoms with E-state index < -0.39 is 10.0 Å². The summed E-state index contributed by atoms with van der Waals surface area (Å²) in [5.74, 6) is 0.239. The molecule has 0 amide bonds. The molecule has 1 unspecified atom stereocenters. The quantitative estimate of drug-likeness (QED) is 0.835. The summed E-state index contributed by atoms with van der Waals surface area (Å²) < 4.78 is 27.2. The highest BCUT2D eigenvalue weighted by atomic mass is 32.2. The summed E-state index contributed by atoms with van der Waals surface area (Å²) in [5, 5.41) is 0. The van der Waals surface area contributed by atoms with Gasteiger partial charge in [-0.25, -0.2) is 13.1 Å². The number of hydrogen-bond donors (Lipinski definition) is 2. The molecule has 4 nitrogen and oxygen atoms in total. The Balaban J connectivity index is 2.91. The Hall–Kier alpha value is -1.07. The molecule has 0 radical (unpaired) electrons. The maximum absolute atomic E-state index is 12.3. The van der Waals surface area contributed by atoms with Crippen molar-refractivity contribution in [1.82, 2.24) is 4.72 Å². The number of nitrogen functional groups attached to an aromatic ring is 1. The molecule has 3 N–H and O–H groups in total. The van der Waals surface area contributed by atoms with Crippen LogP contribution in [-0.2, 0) is 10.0 Å². The average molecular weight is 284 g/mol. The Morgan fingerprint density at radius 1 is 1.32 bits per heavy atom. The lowest BCUT2D eigenvalue weighted by molar-refractivity contribution is 0.263. The van der Waals surface area contributed by atoms with Crippen molar-refractivity contribution in [2.75, 3.05) is 12.3 Å². The smallest absolute Gasteiger partial charge is 0.240 e. The van der Waals surface area contributed by atoms with Crippen LogP contribution >= 0.6 is 0 Å². The lowest BCUT2D eigenvalue weighted by Gasteiger charge is -2.27. The van der Waals surface area contributed by atoms with E-state index in [9.17, 15) is 8.42 Å². The molecule has 0 aliphatic heterocycles. The Bertz CT molecular complexity index is 545. The molecular weight excluding hydrogens is 260 g/mol. The van der Waals surface area contributed by atoms with Crippen molar-refractivity contribution in [3.8, 4) is 0 Å². The molecule has 0 aliphatic rings. The van der Waals surface area contributed by atoms with Crippen molar-refractivity contribution in [3.05, 3.63) is 23.8 Å². The summed E-state index contributed by atoms with van der Waals surface area (Å²) in [5.41, 5.74) is 6.87. The van der Waals surface area contributed by atoms with Gasteiger partial charge in [-0.3, -0.25) is 0 Å². The van der Waals surface area contributed by atoms with Gasteiger partial charge in [0.15, 0.2) is 0 Å². The fourth-order valence-corrected chi connectivity index (χ4v) is 2.93. The van der Waals surface area contributed by atoms with Crippen LogP contribution in [0.15, 0.2) is 23.1 Å². The van der Waals surface area contributed by atoms with Crippen molar-refractivity contribution in [3.63, 3.8) is 0 Å². The molecule has 5 heteroatoms. The highest BCUT2D eigenvalue weighted by molar-refractivity contribution is 7.89. The monoisotopic (exact) mass is 284 g/mol. The third-order valence-electron chi connectivity index (χ3n) is 3.56. The SMILES string of the molecule is Cc1ccc(N)cc1S(=O)(=O)NCC(C)C(C)(C)C. The molecular formula is C14H24N2O2S. The fourth-order valence-electron chi connectivity index (χ4n) is 1.52. The lowest BCUT2D eigenvalue weighted by atomic mass is 9.82. The number of rotatable bonds is 4. The van der Waals surface area contributed by atoms with Crippen molar-refractivity contribution >= 4 is 15.7 Å². The number of benzene rings is 1. The summed E-state index contributed by atoms with van der Waals surface area (Å²) in [6.07, 6.45) is 0. The number of hydrogen-bond acceptors (Lipinski definition) is 3. The van der Waals surface area contributed by atoms with Gasteiger partial charge in [0.05, 0.1) is 4.90 Å². The first-order valence-electron chi connectivity index (χ1n) is 6.40. The summed E-state index contributed by atoms with van der Waals surface area (Å²) in [4.78, 5) is 0.258. The molecule has 1 rings (SSSR count). The van der Waals surface area contributed by atoms with Crippen molar-refractivity contribution in [2.45, 2.75) is 39.5 Å². The number of sulfonamides is 1. The van der Waals surface area contributed by atoms with Gasteiger partial charge >= 0.3 is 0 Å². The lowest BCUT2D eigenvalue weighted by Crippen LogP contribution is -2.34. The van der Waals surface area contributed by atoms with Gasteiger partial charge in [0.25, 0.3) is 0 Å². The van der Waals surface area contributed by atoms with E-state index in [4.69, 9.17) is 5.73 Å². The number of aryl methyl sites for hydroxylation is 1. The molecule has 1 aromatic carbocycles. The molecule has 0 bridgehead atoms. The molecule has 0 spiro atoms. The van der Waals surface area contributed by atoms with E-state index in [1.54, 1.807) is 19.1 Å². The molecule has 0 fully saturated rings. The number of nitrogens with two attached hydrogens (primary N) is 1. The maximum Gasteiger partial charge on any atom is 0.240 e. The van der Waals surface area contributed by atoms with E-state index >= 15 is 0 Å². The minimum absolute atomic E-state index is 0.0628. The second-order valence-electron chi connectivity index (χ2n) is 6.14. The average Bonchev–Trinajstić information content (AvgIpc) is 2.28. The van der Waals surface area contributed by atoms with Crippen LogP contribution < -0.4 is 10.5 Å². The minimum atomic E-state index is -3.50. The maximum atomic E-state index is 12.3. The van der Waals surface area contributed by atoms with Crippen LogP contribution in [-0.4, -0.2) is 15.0 Å². The predicted molar refractivity (Wildman–Crippen MR) is 79.4 cm³/mol. The van der Waals surface area contributed by atoms with Crippen LogP contribution in [0.5, 0.6) is 0 Å². The molecule has 0 aromatic heterocycles. The van der Waals surface area contributed by atoms with Crippen LogP contribution in [0.4, 0.5) is 5.69 Å². The highest BCUT2D eigenvalue weighted by Crippen LogP contribution is 2.25. The summed E-state index contributed by atoms with van der Waals surface area (Å²) >= 11 is 0. The van der Waals surface area contributed by atoms with Gasteiger partial charge in [-0.15, -0.1) is 0 Å². The normalized spacial score (nSPS) is 14.4. The van der Waals surface area contributed by atoms with Crippen LogP contribution in [0.3, 0.4) is 0 Å². The van der Waals surface area contributed by atoms with Gasteiger partial charge in [-0.1, -0.05) is 33.8 Å². The summed E-state index contributed by atoms with van der Waals surface area (Å²) in [6.45, 7) is 10.5. The third kappa shape index (κ3) is 4.21. The zero-order valence-corrected chi connectivity index (χ0v) is 13.1. The van der Waals surface area contributed by atoms with Gasteiger partial charge < -0.3 is 5.73 Å². The molecule has 0 saturated carbocycles. The Labute approximate surface area is 116 Å². The molecule has 0 heterocycles. The van der Waals surface area contributed by atoms with E-state index in [2.05, 4.69) is 25.5 Å². The zero-order valence-electron chi connectivity index (χ0n) is 12.3. The summed E-state index contributed by atoms with van der Waals surface area (Å²) in [7, 11) is -3.50. The second-order valence-corrected chi connectivity index (χ2v) is 7.88. The van der Waals surface area contributed by atoms with E-state index in [1.807, 2.05) is 6.92 Å². The highest BCUT2D eigenvalue weighted by Gasteiger charge is 2.23. The van der Waals surface area contributed by atoms with E-state index in [-0.39, 0.29) is 16.2 Å². The molecule has 1 atom stereocenters. The minimum Gasteiger partial charge on any atom is -0.399 e. The second kappa shape index (κ2) is 5.51. The van der Waals surface area contributed by atoms with Crippen molar-refractivity contribution in [2.24, 2.45) is 11.3 Å². The van der Waals surface area contributed by atoms with E-state index in [0.717, 1.165) is 0 Å². The molecule has 19 heavy (non-hydrogen) atoms. The van der Waals surface area contributed by atoms with E-state index in [0.29, 0.717) is 17.8 Å². The van der Waals surface area contributed by atoms with Gasteiger partial charge in [0.2, 0.25) is 10.0 Å². The Kier molecular flexibility index (Phi) is 4.63. The zero-order chi connectivity index (χ0) is 14.8. The van der Waals surface area contributed by atoms with Crippen LogP contribution in [0, 0.1) is 18.3 Å². The van der Waals surface area contributed by atoms with Crippen molar-refractivity contribution < 1.29 is 8.42 Å². The standard InChI is InChI=1S/C14H24N2O2S/c1-10-6-7-12(15)8-13(10)19(17,18)16-9-11(2)14(3,4)5/h6-8,11,16H,9,15H2,1-5H3. The van der Waals surface area contributed by atoms with Gasteiger partial charge in [0.1, 0.15) is 0 Å². The van der Waals surface area contributed by atoms with Crippen LogP contribution in [0.1, 0.15) is 33.3 Å². The Morgan fingerprint density at radius 3 is 2.42 bits per heavy atom. The molecule has 0 saturated heterocycles. The first-order valence-corrected chi connectivity index (χ1v) is 7.88. The molecule has 1 aromatic rings. The Morgan fingerprint density at radius 2 is 1.89 bits per heavy atom. The number of anilines is 1. The summed E-state index contributed by atoms with van der Waals surface area (Å²) in [6, 6.07) is 4.92. The molecule has 108 valence electrons. The first kappa shape index (κ1) is 16.0. The predicted octanol–water partition coefficient (Wildman–Crippen LogP) is 2.54. The largest absolute Gasteiger partial charge is 0.399 e.